The first kappa shape index (κ1) is 17.7. The van der Waals surface area contributed by atoms with Crippen LogP contribution in [0.3, 0.4) is 0 Å². The summed E-state index contributed by atoms with van der Waals surface area (Å²) in [6, 6.07) is 6.51. The van der Waals surface area contributed by atoms with Gasteiger partial charge in [0, 0.05) is 29.7 Å². The normalized spacial score (nSPS) is 22.6. The molecule has 134 valence electrons. The molecule has 0 unspecified atom stereocenters. The molecule has 1 aromatic carbocycles. The monoisotopic (exact) mass is 364 g/mol. The summed E-state index contributed by atoms with van der Waals surface area (Å²) in [7, 11) is -1.65. The maximum atomic E-state index is 11.3. The zero-order valence-electron chi connectivity index (χ0n) is 13.9. The van der Waals surface area contributed by atoms with Crippen LogP contribution in [0.5, 0.6) is 0 Å². The SMILES string of the molecule is CN1C[C@H](C(=O)O)C=C2c3cccc4[nH]cc(c34)C[C@H]21.CS(=O)(=O)O. The van der Waals surface area contributed by atoms with Gasteiger partial charge in [-0.15, -0.1) is 0 Å². The van der Waals surface area contributed by atoms with Crippen molar-refractivity contribution >= 4 is 32.6 Å². The molecule has 1 aromatic heterocycles. The van der Waals surface area contributed by atoms with Crippen molar-refractivity contribution in [1.29, 1.82) is 0 Å². The van der Waals surface area contributed by atoms with Gasteiger partial charge >= 0.3 is 5.97 Å². The standard InChI is InChI=1S/C16H16N2O2.CH4O3S/c1-18-8-10(16(19)20)5-12-11-3-2-4-13-15(11)9(7-17-13)6-14(12)18;1-5(2,3)4/h2-5,7,10,14,17H,6,8H2,1H3,(H,19,20);1H3,(H,2,3,4)/t10-,14-;/m1./s1. The highest BCUT2D eigenvalue weighted by Crippen LogP contribution is 2.40. The lowest BCUT2D eigenvalue weighted by Crippen LogP contribution is -2.44. The molecule has 0 spiro atoms. The van der Waals surface area contributed by atoms with Crippen LogP contribution in [0.25, 0.3) is 16.5 Å². The molecule has 2 atom stereocenters. The molecule has 2 aliphatic rings. The smallest absolute Gasteiger partial charge is 0.311 e. The van der Waals surface area contributed by atoms with Crippen molar-refractivity contribution in [2.45, 2.75) is 12.5 Å². The molecule has 0 radical (unpaired) electrons. The largest absolute Gasteiger partial charge is 0.481 e. The van der Waals surface area contributed by atoms with Crippen molar-refractivity contribution in [1.82, 2.24) is 9.88 Å². The molecule has 2 heterocycles. The second-order valence-electron chi connectivity index (χ2n) is 6.50. The zero-order chi connectivity index (χ0) is 18.4. The van der Waals surface area contributed by atoms with Gasteiger partial charge in [0.2, 0.25) is 0 Å². The molecule has 3 N–H and O–H groups in total. The Labute approximate surface area is 145 Å². The van der Waals surface area contributed by atoms with E-state index in [1.165, 1.54) is 22.1 Å². The first-order valence-corrected chi connectivity index (χ1v) is 9.66. The summed E-state index contributed by atoms with van der Waals surface area (Å²) in [6.45, 7) is 0.583. The molecule has 0 bridgehead atoms. The summed E-state index contributed by atoms with van der Waals surface area (Å²) < 4.78 is 25.9. The Hall–Kier alpha value is -2.16. The Morgan fingerprint density at radius 1 is 1.36 bits per heavy atom. The van der Waals surface area contributed by atoms with E-state index in [4.69, 9.17) is 4.55 Å². The van der Waals surface area contributed by atoms with Crippen molar-refractivity contribution in [3.63, 3.8) is 0 Å². The summed E-state index contributed by atoms with van der Waals surface area (Å²) in [6.07, 6.45) is 5.71. The summed E-state index contributed by atoms with van der Waals surface area (Å²) >= 11 is 0. The van der Waals surface area contributed by atoms with Gasteiger partial charge in [0.25, 0.3) is 10.1 Å². The Bertz CT molecular complexity index is 953. The lowest BCUT2D eigenvalue weighted by molar-refractivity contribution is -0.140. The predicted octanol–water partition coefficient (Wildman–Crippen LogP) is 1.63. The summed E-state index contributed by atoms with van der Waals surface area (Å²) in [5.41, 5.74) is 4.83. The number of likely N-dealkylation sites (N-methyl/N-ethyl adjacent to an activating group) is 1. The third kappa shape index (κ3) is 3.60. The molecule has 1 aliphatic carbocycles. The van der Waals surface area contributed by atoms with Crippen LogP contribution in [-0.2, 0) is 21.3 Å². The number of nitrogens with one attached hydrogen (secondary N) is 1. The van der Waals surface area contributed by atoms with Crippen molar-refractivity contribution in [2.75, 3.05) is 19.8 Å². The molecular formula is C17H20N2O5S. The van der Waals surface area contributed by atoms with Gasteiger partial charge in [0.05, 0.1) is 12.2 Å². The number of fused-ring (bicyclic) bond motifs is 2. The number of benzene rings is 1. The third-order valence-electron chi connectivity index (χ3n) is 4.59. The quantitative estimate of drug-likeness (QED) is 0.663. The lowest BCUT2D eigenvalue weighted by Gasteiger charge is -2.38. The second kappa shape index (κ2) is 6.29. The van der Waals surface area contributed by atoms with Gasteiger partial charge in [-0.1, -0.05) is 18.2 Å². The van der Waals surface area contributed by atoms with Gasteiger partial charge < -0.3 is 10.1 Å². The van der Waals surface area contributed by atoms with E-state index in [1.807, 2.05) is 19.2 Å². The molecule has 8 heteroatoms. The van der Waals surface area contributed by atoms with Crippen LogP contribution in [0.4, 0.5) is 0 Å². The first-order valence-electron chi connectivity index (χ1n) is 7.81. The van der Waals surface area contributed by atoms with Gasteiger partial charge in [0.15, 0.2) is 0 Å². The molecule has 2 aromatic rings. The molecule has 0 saturated carbocycles. The van der Waals surface area contributed by atoms with E-state index in [0.717, 1.165) is 11.9 Å². The minimum Gasteiger partial charge on any atom is -0.481 e. The van der Waals surface area contributed by atoms with Crippen molar-refractivity contribution in [3.8, 4) is 0 Å². The summed E-state index contributed by atoms with van der Waals surface area (Å²) in [4.78, 5) is 16.8. The van der Waals surface area contributed by atoms with Crippen LogP contribution in [0, 0.1) is 5.92 Å². The van der Waals surface area contributed by atoms with Crippen molar-refractivity contribution in [2.24, 2.45) is 5.92 Å². The van der Waals surface area contributed by atoms with Crippen molar-refractivity contribution < 1.29 is 22.9 Å². The highest BCUT2D eigenvalue weighted by atomic mass is 32.2. The maximum Gasteiger partial charge on any atom is 0.311 e. The number of carboxylic acids is 1. The van der Waals surface area contributed by atoms with Gasteiger partial charge in [0.1, 0.15) is 0 Å². The maximum absolute atomic E-state index is 11.3. The Morgan fingerprint density at radius 3 is 2.68 bits per heavy atom. The number of H-pyrrole nitrogens is 1. The number of carboxylic acid groups (broad SMARTS) is 1. The molecule has 25 heavy (non-hydrogen) atoms. The molecule has 0 fully saturated rings. The van der Waals surface area contributed by atoms with Crippen LogP contribution >= 0.6 is 0 Å². The van der Waals surface area contributed by atoms with E-state index in [9.17, 15) is 18.3 Å². The zero-order valence-corrected chi connectivity index (χ0v) is 14.7. The Morgan fingerprint density at radius 2 is 2.04 bits per heavy atom. The fourth-order valence-electron chi connectivity index (χ4n) is 3.61. The Balaban J connectivity index is 0.000000324. The molecule has 1 aliphatic heterocycles. The Kier molecular flexibility index (Phi) is 4.44. The van der Waals surface area contributed by atoms with Gasteiger partial charge in [-0.25, -0.2) is 0 Å². The van der Waals surface area contributed by atoms with Crippen LogP contribution in [-0.4, -0.2) is 59.8 Å². The van der Waals surface area contributed by atoms with E-state index >= 15 is 0 Å². The van der Waals surface area contributed by atoms with Gasteiger partial charge in [-0.05, 0) is 36.2 Å². The number of carbonyl (C=O) groups is 1. The van der Waals surface area contributed by atoms with E-state index in [0.29, 0.717) is 18.8 Å². The lowest BCUT2D eigenvalue weighted by atomic mass is 9.80. The number of aromatic nitrogens is 1. The number of hydrogen-bond acceptors (Lipinski definition) is 4. The highest BCUT2D eigenvalue weighted by molar-refractivity contribution is 7.85. The average molecular weight is 364 g/mol. The summed E-state index contributed by atoms with van der Waals surface area (Å²) in [5.74, 6) is -1.16. The van der Waals surface area contributed by atoms with Crippen molar-refractivity contribution in [3.05, 3.63) is 41.6 Å². The fourth-order valence-corrected chi connectivity index (χ4v) is 3.61. The minimum atomic E-state index is -3.67. The predicted molar refractivity (Wildman–Crippen MR) is 95.0 cm³/mol. The minimum absolute atomic E-state index is 0.291. The highest BCUT2D eigenvalue weighted by Gasteiger charge is 2.35. The van der Waals surface area contributed by atoms with E-state index < -0.39 is 22.0 Å². The van der Waals surface area contributed by atoms with Crippen LogP contribution in [0.15, 0.2) is 30.5 Å². The topological polar surface area (TPSA) is 111 Å². The van der Waals surface area contributed by atoms with E-state index in [2.05, 4.69) is 28.2 Å². The van der Waals surface area contributed by atoms with Crippen LogP contribution in [0.2, 0.25) is 0 Å². The molecule has 7 nitrogen and oxygen atoms in total. The fraction of sp³-hybridized carbons (Fsp3) is 0.353. The van der Waals surface area contributed by atoms with E-state index in [-0.39, 0.29) is 0 Å². The first-order chi connectivity index (χ1) is 11.6. The molecular weight excluding hydrogens is 344 g/mol. The van der Waals surface area contributed by atoms with Crippen LogP contribution in [0.1, 0.15) is 11.1 Å². The second-order valence-corrected chi connectivity index (χ2v) is 7.97. The van der Waals surface area contributed by atoms with E-state index in [1.54, 1.807) is 0 Å². The third-order valence-corrected chi connectivity index (χ3v) is 4.59. The van der Waals surface area contributed by atoms with Gasteiger partial charge in [-0.2, -0.15) is 8.42 Å². The van der Waals surface area contributed by atoms with Crippen LogP contribution < -0.4 is 0 Å². The number of rotatable bonds is 1. The molecule has 4 rings (SSSR count). The average Bonchev–Trinajstić information content (AvgIpc) is 2.91. The number of aromatic amines is 1. The number of nitrogens with zero attached hydrogens (tertiary/aromatic N) is 1. The summed E-state index contributed by atoms with van der Waals surface area (Å²) in [5, 5.41) is 10.6. The number of aliphatic carboxylic acids is 1. The van der Waals surface area contributed by atoms with Gasteiger partial charge in [-0.3, -0.25) is 14.2 Å². The molecule has 0 amide bonds. The molecule has 0 saturated heterocycles. The number of hydrogen-bond donors (Lipinski definition) is 3.